The largest absolute Gasteiger partial charge is 0.328 e. The zero-order valence-corrected chi connectivity index (χ0v) is 9.64. The third-order valence-electron chi connectivity index (χ3n) is 4.19. The summed E-state index contributed by atoms with van der Waals surface area (Å²) in [5, 5.41) is 0. The molecule has 1 rings (SSSR count). The first-order valence-electron chi connectivity index (χ1n) is 5.71. The maximum atomic E-state index is 5.99. The van der Waals surface area contributed by atoms with E-state index in [-0.39, 0.29) is 0 Å². The molecule has 3 atom stereocenters. The van der Waals surface area contributed by atoms with E-state index in [1.807, 2.05) is 0 Å². The molecule has 0 spiro atoms. The highest BCUT2D eigenvalue weighted by Crippen LogP contribution is 2.44. The fraction of sp³-hybridized carbons (Fsp3) is 1.00. The van der Waals surface area contributed by atoms with Crippen LogP contribution >= 0.6 is 0 Å². The molecular weight excluding hydrogens is 158 g/mol. The highest BCUT2D eigenvalue weighted by Gasteiger charge is 2.35. The summed E-state index contributed by atoms with van der Waals surface area (Å²) in [6, 6.07) is 0.387. The standard InChI is InChI=1S/C12H25N/c1-9(2)12(4)7-5-6-11(8-12)10(3)13/h9-11H,5-8,13H2,1-4H3. The van der Waals surface area contributed by atoms with Crippen LogP contribution in [0, 0.1) is 17.3 Å². The van der Waals surface area contributed by atoms with Crippen LogP contribution in [0.4, 0.5) is 0 Å². The van der Waals surface area contributed by atoms with E-state index in [4.69, 9.17) is 5.73 Å². The van der Waals surface area contributed by atoms with Crippen molar-refractivity contribution in [2.24, 2.45) is 23.0 Å². The Morgan fingerprint density at radius 2 is 1.92 bits per heavy atom. The second kappa shape index (κ2) is 4.00. The lowest BCUT2D eigenvalue weighted by atomic mass is 9.64. The number of hydrogen-bond acceptors (Lipinski definition) is 1. The molecule has 0 heterocycles. The molecule has 78 valence electrons. The topological polar surface area (TPSA) is 26.0 Å². The first-order valence-corrected chi connectivity index (χ1v) is 5.71. The van der Waals surface area contributed by atoms with E-state index in [0.29, 0.717) is 11.5 Å². The van der Waals surface area contributed by atoms with E-state index in [9.17, 15) is 0 Å². The molecule has 1 heteroatoms. The predicted octanol–water partition coefficient (Wildman–Crippen LogP) is 3.19. The molecule has 0 aromatic heterocycles. The van der Waals surface area contributed by atoms with Gasteiger partial charge in [-0.3, -0.25) is 0 Å². The highest BCUT2D eigenvalue weighted by atomic mass is 14.6. The molecule has 1 nitrogen and oxygen atoms in total. The summed E-state index contributed by atoms with van der Waals surface area (Å²) >= 11 is 0. The van der Waals surface area contributed by atoms with Crippen molar-refractivity contribution in [3.05, 3.63) is 0 Å². The van der Waals surface area contributed by atoms with E-state index in [0.717, 1.165) is 11.8 Å². The molecule has 0 aromatic carbocycles. The van der Waals surface area contributed by atoms with Crippen LogP contribution in [0.5, 0.6) is 0 Å². The van der Waals surface area contributed by atoms with Gasteiger partial charge in [-0.15, -0.1) is 0 Å². The van der Waals surface area contributed by atoms with Gasteiger partial charge >= 0.3 is 0 Å². The molecule has 1 aliphatic rings. The fourth-order valence-corrected chi connectivity index (χ4v) is 2.54. The second-order valence-electron chi connectivity index (χ2n) is 5.52. The SMILES string of the molecule is CC(N)C1CCCC(C)(C(C)C)C1. The van der Waals surface area contributed by atoms with Crippen molar-refractivity contribution in [2.75, 3.05) is 0 Å². The summed E-state index contributed by atoms with van der Waals surface area (Å²) in [5.74, 6) is 1.56. The van der Waals surface area contributed by atoms with Crippen LogP contribution in [0.1, 0.15) is 53.4 Å². The normalized spacial score (nSPS) is 37.8. The van der Waals surface area contributed by atoms with Crippen LogP contribution in [0.2, 0.25) is 0 Å². The monoisotopic (exact) mass is 183 g/mol. The molecule has 0 aliphatic heterocycles. The van der Waals surface area contributed by atoms with Crippen molar-refractivity contribution in [3.63, 3.8) is 0 Å². The first kappa shape index (κ1) is 11.0. The predicted molar refractivity (Wildman–Crippen MR) is 58.6 cm³/mol. The van der Waals surface area contributed by atoms with Gasteiger partial charge in [-0.1, -0.05) is 27.2 Å². The van der Waals surface area contributed by atoms with E-state index in [2.05, 4.69) is 27.7 Å². The smallest absolute Gasteiger partial charge is 0.00389 e. The van der Waals surface area contributed by atoms with Crippen LogP contribution in [-0.2, 0) is 0 Å². The van der Waals surface area contributed by atoms with Crippen molar-refractivity contribution in [2.45, 2.75) is 59.4 Å². The van der Waals surface area contributed by atoms with Gasteiger partial charge in [0.1, 0.15) is 0 Å². The van der Waals surface area contributed by atoms with Gasteiger partial charge in [-0.25, -0.2) is 0 Å². The van der Waals surface area contributed by atoms with Gasteiger partial charge in [0.2, 0.25) is 0 Å². The van der Waals surface area contributed by atoms with Crippen LogP contribution < -0.4 is 5.73 Å². The molecule has 2 N–H and O–H groups in total. The first-order chi connectivity index (χ1) is 5.96. The Balaban J connectivity index is 2.60. The third kappa shape index (κ3) is 2.46. The van der Waals surface area contributed by atoms with Crippen molar-refractivity contribution >= 4 is 0 Å². The minimum atomic E-state index is 0.387. The second-order valence-corrected chi connectivity index (χ2v) is 5.52. The summed E-state index contributed by atoms with van der Waals surface area (Å²) in [4.78, 5) is 0. The Morgan fingerprint density at radius 3 is 2.38 bits per heavy atom. The van der Waals surface area contributed by atoms with Gasteiger partial charge in [-0.2, -0.15) is 0 Å². The lowest BCUT2D eigenvalue weighted by Crippen LogP contribution is -2.37. The molecule has 1 aliphatic carbocycles. The summed E-state index contributed by atoms with van der Waals surface area (Å²) in [6.07, 6.45) is 5.46. The van der Waals surface area contributed by atoms with Gasteiger partial charge in [0.15, 0.2) is 0 Å². The van der Waals surface area contributed by atoms with Crippen LogP contribution in [0.3, 0.4) is 0 Å². The van der Waals surface area contributed by atoms with Gasteiger partial charge in [0.25, 0.3) is 0 Å². The summed E-state index contributed by atoms with van der Waals surface area (Å²) < 4.78 is 0. The van der Waals surface area contributed by atoms with Crippen molar-refractivity contribution in [1.82, 2.24) is 0 Å². The lowest BCUT2D eigenvalue weighted by molar-refractivity contribution is 0.0929. The molecule has 13 heavy (non-hydrogen) atoms. The molecule has 3 unspecified atom stereocenters. The average Bonchev–Trinajstić information content (AvgIpc) is 2.04. The Kier molecular flexibility index (Phi) is 3.39. The van der Waals surface area contributed by atoms with E-state index in [1.54, 1.807) is 0 Å². The summed E-state index contributed by atoms with van der Waals surface area (Å²) in [7, 11) is 0. The summed E-state index contributed by atoms with van der Waals surface area (Å²) in [6.45, 7) is 9.30. The van der Waals surface area contributed by atoms with Crippen molar-refractivity contribution < 1.29 is 0 Å². The van der Waals surface area contributed by atoms with Crippen LogP contribution in [-0.4, -0.2) is 6.04 Å². The molecule has 0 saturated heterocycles. The Hall–Kier alpha value is -0.0400. The van der Waals surface area contributed by atoms with Crippen molar-refractivity contribution in [3.8, 4) is 0 Å². The van der Waals surface area contributed by atoms with Gasteiger partial charge in [0, 0.05) is 6.04 Å². The van der Waals surface area contributed by atoms with Gasteiger partial charge in [0.05, 0.1) is 0 Å². The minimum absolute atomic E-state index is 0.387. The van der Waals surface area contributed by atoms with Gasteiger partial charge in [-0.05, 0) is 43.4 Å². The van der Waals surface area contributed by atoms with Gasteiger partial charge < -0.3 is 5.73 Å². The maximum Gasteiger partial charge on any atom is 0.00389 e. The Morgan fingerprint density at radius 1 is 1.31 bits per heavy atom. The van der Waals surface area contributed by atoms with E-state index < -0.39 is 0 Å². The quantitative estimate of drug-likeness (QED) is 0.699. The molecule has 0 bridgehead atoms. The maximum absolute atomic E-state index is 5.99. The zero-order chi connectivity index (χ0) is 10.1. The summed E-state index contributed by atoms with van der Waals surface area (Å²) in [5.41, 5.74) is 6.54. The van der Waals surface area contributed by atoms with Crippen LogP contribution in [0.15, 0.2) is 0 Å². The highest BCUT2D eigenvalue weighted by molar-refractivity contribution is 4.87. The number of nitrogens with two attached hydrogens (primary N) is 1. The van der Waals surface area contributed by atoms with E-state index >= 15 is 0 Å². The molecule has 1 saturated carbocycles. The average molecular weight is 183 g/mol. The molecule has 0 amide bonds. The van der Waals surface area contributed by atoms with Crippen LogP contribution in [0.25, 0.3) is 0 Å². The zero-order valence-electron chi connectivity index (χ0n) is 9.64. The molecular formula is C12H25N. The number of hydrogen-bond donors (Lipinski definition) is 1. The van der Waals surface area contributed by atoms with E-state index in [1.165, 1.54) is 25.7 Å². The molecule has 0 radical (unpaired) electrons. The third-order valence-corrected chi connectivity index (χ3v) is 4.19. The molecule has 1 fully saturated rings. The fourth-order valence-electron chi connectivity index (χ4n) is 2.54. The number of rotatable bonds is 2. The lowest BCUT2D eigenvalue weighted by Gasteiger charge is -2.42. The Bertz CT molecular complexity index is 163. The van der Waals surface area contributed by atoms with Crippen molar-refractivity contribution in [1.29, 1.82) is 0 Å². The minimum Gasteiger partial charge on any atom is -0.328 e. The Labute approximate surface area is 83.1 Å². The molecule has 0 aromatic rings.